The van der Waals surface area contributed by atoms with E-state index in [9.17, 15) is 18.0 Å². The van der Waals surface area contributed by atoms with Crippen LogP contribution in [0.4, 0.5) is 23.7 Å². The first-order valence-corrected chi connectivity index (χ1v) is 9.22. The van der Waals surface area contributed by atoms with Crippen LogP contribution in [0.15, 0.2) is 48.9 Å². The highest BCUT2D eigenvalue weighted by molar-refractivity contribution is 5.90. The molecule has 1 atom stereocenters. The molecule has 0 bridgehead atoms. The van der Waals surface area contributed by atoms with Crippen molar-refractivity contribution in [2.75, 3.05) is 11.9 Å². The SMILES string of the molecule is O=C(Nc1cnn(-c2ccccc2)c1C(F)(F)F)N1CCCC[C@@H]1c1ncc[nH]1. The number of aromatic nitrogens is 4. The predicted octanol–water partition coefficient (Wildman–Crippen LogP) is 4.37. The third-order valence-corrected chi connectivity index (χ3v) is 4.88. The molecule has 4 rings (SSSR count). The number of piperidine rings is 1. The fourth-order valence-electron chi connectivity index (χ4n) is 3.58. The van der Waals surface area contributed by atoms with Crippen molar-refractivity contribution in [1.82, 2.24) is 24.6 Å². The van der Waals surface area contributed by atoms with Crippen molar-refractivity contribution < 1.29 is 18.0 Å². The number of carbonyl (C=O) groups excluding carboxylic acids is 1. The highest BCUT2D eigenvalue weighted by atomic mass is 19.4. The van der Waals surface area contributed by atoms with Gasteiger partial charge in [-0.05, 0) is 31.4 Å². The lowest BCUT2D eigenvalue weighted by atomic mass is 10.0. The summed E-state index contributed by atoms with van der Waals surface area (Å²) in [7, 11) is 0. The number of anilines is 1. The smallest absolute Gasteiger partial charge is 0.347 e. The number of alkyl halides is 3. The van der Waals surface area contributed by atoms with Gasteiger partial charge in [0, 0.05) is 18.9 Å². The lowest BCUT2D eigenvalue weighted by Gasteiger charge is -2.34. The highest BCUT2D eigenvalue weighted by Crippen LogP contribution is 2.37. The van der Waals surface area contributed by atoms with Crippen LogP contribution in [0.2, 0.25) is 0 Å². The molecule has 29 heavy (non-hydrogen) atoms. The van der Waals surface area contributed by atoms with E-state index in [-0.39, 0.29) is 17.4 Å². The van der Waals surface area contributed by atoms with E-state index in [4.69, 9.17) is 0 Å². The van der Waals surface area contributed by atoms with Crippen LogP contribution in [0.25, 0.3) is 5.69 Å². The number of hydrogen-bond acceptors (Lipinski definition) is 3. The number of aromatic amines is 1. The number of nitrogens with one attached hydrogen (secondary N) is 2. The molecule has 0 saturated carbocycles. The van der Waals surface area contributed by atoms with Crippen molar-refractivity contribution >= 4 is 11.7 Å². The minimum atomic E-state index is -4.70. The van der Waals surface area contributed by atoms with E-state index in [0.717, 1.165) is 23.7 Å². The Kier molecular flexibility index (Phi) is 4.99. The van der Waals surface area contributed by atoms with Crippen LogP contribution in [0.5, 0.6) is 0 Å². The fraction of sp³-hybridized carbons (Fsp3) is 0.316. The van der Waals surface area contributed by atoms with Gasteiger partial charge in [0.25, 0.3) is 0 Å². The summed E-state index contributed by atoms with van der Waals surface area (Å²) in [6.45, 7) is 0.436. The van der Waals surface area contributed by atoms with Gasteiger partial charge >= 0.3 is 12.2 Å². The van der Waals surface area contributed by atoms with Crippen LogP contribution < -0.4 is 5.32 Å². The zero-order valence-corrected chi connectivity index (χ0v) is 15.4. The van der Waals surface area contributed by atoms with Gasteiger partial charge in [0.15, 0.2) is 5.69 Å². The third kappa shape index (κ3) is 3.82. The molecule has 1 aliphatic heterocycles. The molecule has 1 saturated heterocycles. The molecular formula is C19H19F3N6O. The normalized spacial score (nSPS) is 17.3. The number of halogens is 3. The second kappa shape index (κ2) is 7.61. The van der Waals surface area contributed by atoms with Gasteiger partial charge < -0.3 is 15.2 Å². The van der Waals surface area contributed by atoms with E-state index in [1.165, 1.54) is 17.0 Å². The number of amides is 2. The maximum Gasteiger partial charge on any atom is 0.435 e. The van der Waals surface area contributed by atoms with Crippen LogP contribution in [-0.2, 0) is 6.18 Å². The van der Waals surface area contributed by atoms with Gasteiger partial charge in [-0.15, -0.1) is 0 Å². The van der Waals surface area contributed by atoms with Crippen LogP contribution in [-0.4, -0.2) is 37.2 Å². The van der Waals surface area contributed by atoms with Gasteiger partial charge in [0.05, 0.1) is 23.6 Å². The molecule has 0 unspecified atom stereocenters. The topological polar surface area (TPSA) is 78.8 Å². The number of likely N-dealkylation sites (tertiary alicyclic amines) is 1. The summed E-state index contributed by atoms with van der Waals surface area (Å²) in [4.78, 5) is 21.6. The molecule has 0 radical (unpaired) electrons. The predicted molar refractivity (Wildman–Crippen MR) is 99.5 cm³/mol. The molecule has 3 heterocycles. The Morgan fingerprint density at radius 2 is 2.00 bits per heavy atom. The Hall–Kier alpha value is -3.30. The first-order valence-electron chi connectivity index (χ1n) is 9.22. The number of benzene rings is 1. The highest BCUT2D eigenvalue weighted by Gasteiger charge is 2.40. The van der Waals surface area contributed by atoms with Crippen molar-refractivity contribution in [3.63, 3.8) is 0 Å². The van der Waals surface area contributed by atoms with Crippen molar-refractivity contribution in [3.05, 3.63) is 60.4 Å². The van der Waals surface area contributed by atoms with Crippen molar-refractivity contribution in [2.24, 2.45) is 0 Å². The molecule has 1 aromatic carbocycles. The molecule has 1 aliphatic rings. The second-order valence-corrected chi connectivity index (χ2v) is 6.76. The monoisotopic (exact) mass is 404 g/mol. The van der Waals surface area contributed by atoms with E-state index < -0.39 is 17.9 Å². The number of para-hydroxylation sites is 1. The van der Waals surface area contributed by atoms with Crippen molar-refractivity contribution in [2.45, 2.75) is 31.5 Å². The number of hydrogen-bond donors (Lipinski definition) is 2. The zero-order valence-electron chi connectivity index (χ0n) is 15.4. The molecule has 2 amide bonds. The number of H-pyrrole nitrogens is 1. The van der Waals surface area contributed by atoms with Crippen LogP contribution >= 0.6 is 0 Å². The summed E-state index contributed by atoms with van der Waals surface area (Å²) in [5, 5.41) is 6.28. The summed E-state index contributed by atoms with van der Waals surface area (Å²) in [6, 6.07) is 7.07. The summed E-state index contributed by atoms with van der Waals surface area (Å²) >= 11 is 0. The van der Waals surface area contributed by atoms with Gasteiger partial charge in [0.1, 0.15) is 5.82 Å². The minimum Gasteiger partial charge on any atom is -0.347 e. The second-order valence-electron chi connectivity index (χ2n) is 6.76. The zero-order chi connectivity index (χ0) is 20.4. The molecule has 3 aromatic rings. The van der Waals surface area contributed by atoms with E-state index in [2.05, 4.69) is 20.4 Å². The largest absolute Gasteiger partial charge is 0.435 e. The van der Waals surface area contributed by atoms with E-state index >= 15 is 0 Å². The van der Waals surface area contributed by atoms with E-state index in [1.807, 2.05) is 0 Å². The van der Waals surface area contributed by atoms with Gasteiger partial charge in [-0.1, -0.05) is 18.2 Å². The lowest BCUT2D eigenvalue weighted by Crippen LogP contribution is -2.41. The number of rotatable bonds is 3. The Morgan fingerprint density at radius 1 is 1.21 bits per heavy atom. The summed E-state index contributed by atoms with van der Waals surface area (Å²) in [5.74, 6) is 0.621. The molecule has 1 fully saturated rings. The maximum atomic E-state index is 13.8. The lowest BCUT2D eigenvalue weighted by molar-refractivity contribution is -0.142. The number of urea groups is 1. The quantitative estimate of drug-likeness (QED) is 0.680. The Morgan fingerprint density at radius 3 is 2.69 bits per heavy atom. The Bertz CT molecular complexity index is 968. The summed E-state index contributed by atoms with van der Waals surface area (Å²) in [6.07, 6.45) is 1.96. The first-order chi connectivity index (χ1) is 13.9. The van der Waals surface area contributed by atoms with Crippen molar-refractivity contribution in [3.8, 4) is 5.69 Å². The molecule has 7 nitrogen and oxygen atoms in total. The minimum absolute atomic E-state index is 0.256. The number of imidazole rings is 1. The molecule has 152 valence electrons. The fourth-order valence-corrected chi connectivity index (χ4v) is 3.58. The number of carbonyl (C=O) groups is 1. The average molecular weight is 404 g/mol. The van der Waals surface area contributed by atoms with Gasteiger partial charge in [0.2, 0.25) is 0 Å². The summed E-state index contributed by atoms with van der Waals surface area (Å²) in [5.41, 5.74) is -1.15. The molecule has 2 N–H and O–H groups in total. The summed E-state index contributed by atoms with van der Waals surface area (Å²) < 4.78 is 42.1. The van der Waals surface area contributed by atoms with Crippen LogP contribution in [0.1, 0.15) is 36.8 Å². The standard InChI is InChI=1S/C19H19F3N6O/c20-19(21,22)16-14(12-25-28(16)13-6-2-1-3-7-13)26-18(29)27-11-5-4-8-15(27)17-23-9-10-24-17/h1-3,6-7,9-10,12,15H,4-5,8,11H2,(H,23,24)(H,26,29)/t15-/m1/s1. The Labute approximate surface area is 164 Å². The van der Waals surface area contributed by atoms with Crippen LogP contribution in [0, 0.1) is 0 Å². The Balaban J connectivity index is 1.63. The molecule has 0 spiro atoms. The van der Waals surface area contributed by atoms with Gasteiger partial charge in [-0.2, -0.15) is 18.3 Å². The van der Waals surface area contributed by atoms with E-state index in [0.29, 0.717) is 18.8 Å². The molecule has 2 aromatic heterocycles. The van der Waals surface area contributed by atoms with E-state index in [1.54, 1.807) is 30.6 Å². The average Bonchev–Trinajstić information content (AvgIpc) is 3.38. The molecular weight excluding hydrogens is 385 g/mol. The van der Waals surface area contributed by atoms with Gasteiger partial charge in [-0.3, -0.25) is 0 Å². The van der Waals surface area contributed by atoms with Crippen LogP contribution in [0.3, 0.4) is 0 Å². The number of nitrogens with zero attached hydrogens (tertiary/aromatic N) is 4. The third-order valence-electron chi connectivity index (χ3n) is 4.88. The molecule has 10 heteroatoms. The van der Waals surface area contributed by atoms with Crippen molar-refractivity contribution in [1.29, 1.82) is 0 Å². The maximum absolute atomic E-state index is 13.8. The van der Waals surface area contributed by atoms with Gasteiger partial charge in [-0.25, -0.2) is 14.5 Å². The first kappa shape index (κ1) is 19.0. The molecule has 0 aliphatic carbocycles.